The van der Waals surface area contributed by atoms with Gasteiger partial charge in [-0.1, -0.05) is 6.92 Å². The smallest absolute Gasteiger partial charge is 0.329 e. The van der Waals surface area contributed by atoms with E-state index in [4.69, 9.17) is 9.72 Å². The fourth-order valence-corrected chi connectivity index (χ4v) is 6.97. The Hall–Kier alpha value is -4.94. The van der Waals surface area contributed by atoms with Crippen molar-refractivity contribution in [1.29, 1.82) is 0 Å². The van der Waals surface area contributed by atoms with Gasteiger partial charge < -0.3 is 25.2 Å². The lowest BCUT2D eigenvalue weighted by Gasteiger charge is -2.42. The van der Waals surface area contributed by atoms with Gasteiger partial charge in [0.05, 0.1) is 29.5 Å². The van der Waals surface area contributed by atoms with Gasteiger partial charge in [-0.05, 0) is 50.1 Å². The predicted octanol–water partition coefficient (Wildman–Crippen LogP) is 3.39. The Morgan fingerprint density at radius 2 is 1.74 bits per heavy atom. The summed E-state index contributed by atoms with van der Waals surface area (Å²) in [6, 6.07) is 5.73. The Morgan fingerprint density at radius 1 is 1.02 bits per heavy atom. The van der Waals surface area contributed by atoms with Crippen molar-refractivity contribution in [2.75, 3.05) is 86.6 Å². The monoisotopic (exact) mass is 706 g/mol. The summed E-state index contributed by atoms with van der Waals surface area (Å²) in [5, 5.41) is 18.2. The molecule has 2 aliphatic heterocycles. The fourth-order valence-electron chi connectivity index (χ4n) is 6.45. The lowest BCUT2D eigenvalue weighted by atomic mass is 10.0. The van der Waals surface area contributed by atoms with Crippen LogP contribution in [-0.2, 0) is 16.4 Å². The van der Waals surface area contributed by atoms with Gasteiger partial charge in [-0.3, -0.25) is 29.3 Å². The fraction of sp³-hybridized carbons (Fsp3) is 0.469. The maximum atomic E-state index is 12.6. The first-order chi connectivity index (χ1) is 24.0. The van der Waals surface area contributed by atoms with Gasteiger partial charge in [0.1, 0.15) is 28.9 Å². The number of nitrogens with zero attached hydrogens (tertiary/aromatic N) is 10. The number of nitrogens with one attached hydrogen (secondary N) is 2. The lowest BCUT2D eigenvalue weighted by molar-refractivity contribution is -0.384. The highest BCUT2D eigenvalue weighted by Gasteiger charge is 2.29. The van der Waals surface area contributed by atoms with Crippen molar-refractivity contribution in [3.63, 3.8) is 0 Å². The number of hydrogen-bond acceptors (Lipinski definition) is 15. The van der Waals surface area contributed by atoms with Crippen molar-refractivity contribution in [2.24, 2.45) is 0 Å². The molecule has 3 aromatic heterocycles. The Morgan fingerprint density at radius 3 is 2.40 bits per heavy atom. The number of ether oxygens (including phenoxy) is 1. The molecule has 1 aromatic carbocycles. The molecule has 0 saturated carbocycles. The van der Waals surface area contributed by atoms with E-state index in [9.17, 15) is 18.5 Å². The number of fused-ring (bicyclic) bond motifs is 1. The van der Waals surface area contributed by atoms with Gasteiger partial charge in [-0.15, -0.1) is 0 Å². The van der Waals surface area contributed by atoms with Crippen LogP contribution in [0, 0.1) is 10.1 Å². The van der Waals surface area contributed by atoms with Crippen molar-refractivity contribution >= 4 is 61.4 Å². The molecule has 2 aliphatic rings. The van der Waals surface area contributed by atoms with E-state index in [1.165, 1.54) is 26.6 Å². The van der Waals surface area contributed by atoms with E-state index in [2.05, 4.69) is 59.2 Å². The number of aromatic nitrogens is 5. The number of likely N-dealkylation sites (N-methyl/N-ethyl adjacent to an activating group) is 1. The van der Waals surface area contributed by atoms with Gasteiger partial charge >= 0.3 is 5.69 Å². The molecule has 4 aromatic rings. The average molecular weight is 707 g/mol. The van der Waals surface area contributed by atoms with E-state index in [1.54, 1.807) is 12.1 Å². The summed E-state index contributed by atoms with van der Waals surface area (Å²) in [5.74, 6) is 1.08. The first-order valence-corrected chi connectivity index (χ1v) is 18.3. The molecule has 0 spiro atoms. The third-order valence-corrected chi connectivity index (χ3v) is 10.5. The molecule has 18 heteroatoms. The number of hydrogen-bond donors (Lipinski definition) is 2. The SMILES string of the molecule is CCc1cc(Nc2ncc([N+](=O)[O-])c(Nc3ccc4nccnc4c3N(C)S(C)(=O)=O)n2)c(OC)nc1N1CCC(N2CCN(C)CC2)CC1. The minimum Gasteiger partial charge on any atom is -0.479 e. The molecule has 0 radical (unpaired) electrons. The number of piperidine rings is 1. The van der Waals surface area contributed by atoms with Gasteiger partial charge in [-0.25, -0.2) is 13.4 Å². The summed E-state index contributed by atoms with van der Waals surface area (Å²) < 4.78 is 32.0. The highest BCUT2D eigenvalue weighted by molar-refractivity contribution is 7.92. The molecule has 2 saturated heterocycles. The maximum absolute atomic E-state index is 12.6. The van der Waals surface area contributed by atoms with E-state index in [-0.39, 0.29) is 28.7 Å². The van der Waals surface area contributed by atoms with Crippen molar-refractivity contribution in [3.8, 4) is 5.88 Å². The summed E-state index contributed by atoms with van der Waals surface area (Å²) in [6.07, 6.45) is 7.91. The van der Waals surface area contributed by atoms with E-state index < -0.39 is 20.6 Å². The molecule has 0 aliphatic carbocycles. The molecule has 2 N–H and O–H groups in total. The summed E-state index contributed by atoms with van der Waals surface area (Å²) in [4.78, 5) is 40.9. The molecule has 0 bridgehead atoms. The van der Waals surface area contributed by atoms with Crippen LogP contribution in [0.4, 0.5) is 40.3 Å². The van der Waals surface area contributed by atoms with E-state index in [1.807, 2.05) is 6.07 Å². The Bertz CT molecular complexity index is 1980. The molecule has 6 rings (SSSR count). The molecule has 0 amide bonds. The zero-order valence-corrected chi connectivity index (χ0v) is 29.6. The predicted molar refractivity (Wildman–Crippen MR) is 193 cm³/mol. The number of sulfonamides is 1. The minimum absolute atomic E-state index is 0.0413. The second kappa shape index (κ2) is 14.5. The molecular weight excluding hydrogens is 664 g/mol. The first kappa shape index (κ1) is 34.9. The Balaban J connectivity index is 1.28. The number of benzene rings is 1. The summed E-state index contributed by atoms with van der Waals surface area (Å²) in [7, 11) is 1.33. The third-order valence-electron chi connectivity index (χ3n) is 9.33. The quantitative estimate of drug-likeness (QED) is 0.170. The van der Waals surface area contributed by atoms with Gasteiger partial charge in [0, 0.05) is 64.8 Å². The molecule has 50 heavy (non-hydrogen) atoms. The molecule has 17 nitrogen and oxygen atoms in total. The summed E-state index contributed by atoms with van der Waals surface area (Å²) >= 11 is 0. The molecular formula is C32H42N12O5S. The normalized spacial score (nSPS) is 16.4. The average Bonchev–Trinajstić information content (AvgIpc) is 3.11. The number of nitro groups is 1. The second-order valence-corrected chi connectivity index (χ2v) is 14.5. The van der Waals surface area contributed by atoms with Crippen LogP contribution >= 0.6 is 0 Å². The van der Waals surface area contributed by atoms with Gasteiger partial charge in [0.2, 0.25) is 27.7 Å². The molecule has 2 fully saturated rings. The highest BCUT2D eigenvalue weighted by atomic mass is 32.2. The topological polar surface area (TPSA) is 188 Å². The largest absolute Gasteiger partial charge is 0.479 e. The zero-order chi connectivity index (χ0) is 35.6. The highest BCUT2D eigenvalue weighted by Crippen LogP contribution is 2.38. The van der Waals surface area contributed by atoms with Crippen molar-refractivity contribution < 1.29 is 18.1 Å². The third kappa shape index (κ3) is 7.31. The Kier molecular flexibility index (Phi) is 10.1. The van der Waals surface area contributed by atoms with Gasteiger partial charge in [-0.2, -0.15) is 9.97 Å². The molecule has 5 heterocycles. The van der Waals surface area contributed by atoms with Crippen molar-refractivity contribution in [1.82, 2.24) is 34.7 Å². The van der Waals surface area contributed by atoms with Crippen LogP contribution < -0.4 is 24.6 Å². The van der Waals surface area contributed by atoms with E-state index >= 15 is 0 Å². The number of aryl methyl sites for hydroxylation is 1. The van der Waals surface area contributed by atoms with Crippen molar-refractivity contribution in [2.45, 2.75) is 32.2 Å². The standard InChI is InChI=1S/C32H42N12O5S/c1-6-21-19-25(31(49-4)39-30(21)43-13-9-22(10-14-43)42-17-15-40(2)16-18-42)37-32-35-20-26(44(45)46)29(38-32)36-24-8-7-23-27(34-12-11-33-23)28(24)41(3)50(5,47)48/h7-8,11-12,19-20,22H,6,9-10,13-18H2,1-5H3,(H2,35,36,37,38). The number of methoxy groups -OCH3 is 1. The molecule has 266 valence electrons. The molecule has 0 atom stereocenters. The first-order valence-electron chi connectivity index (χ1n) is 16.4. The van der Waals surface area contributed by atoms with Gasteiger partial charge in [0.25, 0.3) is 0 Å². The van der Waals surface area contributed by atoms with Crippen LogP contribution in [0.2, 0.25) is 0 Å². The van der Waals surface area contributed by atoms with Crippen molar-refractivity contribution in [3.05, 3.63) is 52.5 Å². The van der Waals surface area contributed by atoms with E-state index in [0.29, 0.717) is 23.1 Å². The maximum Gasteiger partial charge on any atom is 0.329 e. The minimum atomic E-state index is -3.75. The summed E-state index contributed by atoms with van der Waals surface area (Å²) in [5.41, 5.74) is 2.19. The van der Waals surface area contributed by atoms with Crippen LogP contribution in [0.5, 0.6) is 5.88 Å². The number of piperazine rings is 1. The number of pyridine rings is 1. The number of anilines is 6. The van der Waals surface area contributed by atoms with Crippen LogP contribution in [0.15, 0.2) is 36.8 Å². The molecule has 0 unspecified atom stereocenters. The zero-order valence-electron chi connectivity index (χ0n) is 28.8. The second-order valence-electron chi connectivity index (χ2n) is 12.5. The van der Waals surface area contributed by atoms with Crippen LogP contribution in [0.25, 0.3) is 11.0 Å². The Labute approximate surface area is 290 Å². The van der Waals surface area contributed by atoms with Crippen LogP contribution in [0.1, 0.15) is 25.3 Å². The van der Waals surface area contributed by atoms with Crippen LogP contribution in [0.3, 0.4) is 0 Å². The van der Waals surface area contributed by atoms with Gasteiger partial charge in [0.15, 0.2) is 0 Å². The summed E-state index contributed by atoms with van der Waals surface area (Å²) in [6.45, 7) is 8.26. The van der Waals surface area contributed by atoms with Crippen LogP contribution in [-0.4, -0.2) is 121 Å². The van der Waals surface area contributed by atoms with E-state index in [0.717, 1.165) is 86.7 Å². The lowest BCUT2D eigenvalue weighted by Crippen LogP contribution is -2.52. The number of rotatable bonds is 11.